The molecule has 1 aromatic carbocycles. The highest BCUT2D eigenvalue weighted by molar-refractivity contribution is 7.54. The van der Waals surface area contributed by atoms with Crippen LogP contribution in [0.2, 0.25) is 0 Å². The highest BCUT2D eigenvalue weighted by Gasteiger charge is 2.35. The molecular formula is C12H17F3NO3P. The van der Waals surface area contributed by atoms with Crippen LogP contribution in [0.5, 0.6) is 0 Å². The highest BCUT2D eigenvalue weighted by Crippen LogP contribution is 2.58. The zero-order valence-electron chi connectivity index (χ0n) is 11.2. The fraction of sp³-hybridized carbons (Fsp3) is 0.500. The zero-order chi connectivity index (χ0) is 15.4. The Bertz CT molecular complexity index is 466. The molecule has 0 saturated carbocycles. The quantitative estimate of drug-likeness (QED) is 0.809. The van der Waals surface area contributed by atoms with Crippen molar-refractivity contribution in [3.63, 3.8) is 0 Å². The Morgan fingerprint density at radius 2 is 1.60 bits per heavy atom. The first-order chi connectivity index (χ1) is 9.24. The summed E-state index contributed by atoms with van der Waals surface area (Å²) in [6.45, 7) is 3.52. The van der Waals surface area contributed by atoms with Crippen LogP contribution >= 0.6 is 7.60 Å². The average Bonchev–Trinajstić information content (AvgIpc) is 2.37. The lowest BCUT2D eigenvalue weighted by Gasteiger charge is -2.23. The van der Waals surface area contributed by atoms with Crippen molar-refractivity contribution in [2.45, 2.75) is 25.8 Å². The predicted octanol–water partition coefficient (Wildman–Crippen LogP) is 3.93. The molecule has 8 heteroatoms. The van der Waals surface area contributed by atoms with Crippen LogP contribution in [-0.2, 0) is 19.8 Å². The average molecular weight is 311 g/mol. The summed E-state index contributed by atoms with van der Waals surface area (Å²) >= 11 is 0. The van der Waals surface area contributed by atoms with Crippen molar-refractivity contribution >= 4 is 7.60 Å². The van der Waals surface area contributed by atoms with Gasteiger partial charge in [-0.25, -0.2) is 0 Å². The summed E-state index contributed by atoms with van der Waals surface area (Å²) in [7, 11) is -3.59. The number of halogens is 3. The van der Waals surface area contributed by atoms with Gasteiger partial charge < -0.3 is 14.8 Å². The predicted molar refractivity (Wildman–Crippen MR) is 69.2 cm³/mol. The normalized spacial score (nSPS) is 14.3. The second-order valence-corrected chi connectivity index (χ2v) is 6.09. The van der Waals surface area contributed by atoms with Gasteiger partial charge in [-0.05, 0) is 31.5 Å². The summed E-state index contributed by atoms with van der Waals surface area (Å²) in [6.07, 6.45) is -4.42. The van der Waals surface area contributed by atoms with Gasteiger partial charge in [0.25, 0.3) is 0 Å². The van der Waals surface area contributed by atoms with Crippen LogP contribution < -0.4 is 5.73 Å². The number of hydrogen-bond donors (Lipinski definition) is 1. The maximum atomic E-state index is 12.5. The fourth-order valence-electron chi connectivity index (χ4n) is 1.61. The van der Waals surface area contributed by atoms with Crippen molar-refractivity contribution in [1.29, 1.82) is 0 Å². The third kappa shape index (κ3) is 4.06. The first-order valence-electron chi connectivity index (χ1n) is 6.06. The molecule has 114 valence electrons. The Hall–Kier alpha value is -0.880. The van der Waals surface area contributed by atoms with Crippen LogP contribution in [0.15, 0.2) is 24.3 Å². The lowest BCUT2D eigenvalue weighted by atomic mass is 10.1. The van der Waals surface area contributed by atoms with Gasteiger partial charge >= 0.3 is 13.8 Å². The number of hydrogen-bond acceptors (Lipinski definition) is 4. The largest absolute Gasteiger partial charge is 0.416 e. The Kier molecular flexibility index (Phi) is 5.77. The molecule has 0 fully saturated rings. The smallest absolute Gasteiger partial charge is 0.314 e. The molecule has 20 heavy (non-hydrogen) atoms. The zero-order valence-corrected chi connectivity index (χ0v) is 12.1. The monoisotopic (exact) mass is 311 g/mol. The summed E-state index contributed by atoms with van der Waals surface area (Å²) < 4.78 is 59.9. The molecule has 0 unspecified atom stereocenters. The Labute approximate surface area is 115 Å². The van der Waals surface area contributed by atoms with Gasteiger partial charge in [0.1, 0.15) is 5.78 Å². The Morgan fingerprint density at radius 1 is 1.15 bits per heavy atom. The van der Waals surface area contributed by atoms with Crippen LogP contribution in [0.1, 0.15) is 30.8 Å². The summed E-state index contributed by atoms with van der Waals surface area (Å²) in [5.74, 6) is -1.12. The number of benzene rings is 1. The molecule has 0 aliphatic rings. The van der Waals surface area contributed by atoms with E-state index in [0.717, 1.165) is 12.1 Å². The highest BCUT2D eigenvalue weighted by atomic mass is 31.2. The Morgan fingerprint density at radius 3 is 1.95 bits per heavy atom. The molecular weight excluding hydrogens is 294 g/mol. The van der Waals surface area contributed by atoms with Crippen molar-refractivity contribution in [3.05, 3.63) is 35.4 Å². The van der Waals surface area contributed by atoms with Crippen molar-refractivity contribution in [1.82, 2.24) is 0 Å². The molecule has 0 aliphatic heterocycles. The molecule has 0 amide bonds. The first kappa shape index (κ1) is 17.2. The molecule has 0 aliphatic carbocycles. The van der Waals surface area contributed by atoms with E-state index in [1.165, 1.54) is 12.1 Å². The summed E-state index contributed by atoms with van der Waals surface area (Å²) in [6, 6.07) is 4.13. The van der Waals surface area contributed by atoms with Crippen molar-refractivity contribution < 1.29 is 26.8 Å². The minimum Gasteiger partial charge on any atom is -0.314 e. The van der Waals surface area contributed by atoms with Crippen LogP contribution in [0.4, 0.5) is 13.2 Å². The Balaban J connectivity index is 3.01. The maximum absolute atomic E-state index is 12.5. The lowest BCUT2D eigenvalue weighted by molar-refractivity contribution is -0.137. The van der Waals surface area contributed by atoms with Crippen molar-refractivity contribution in [3.8, 4) is 0 Å². The maximum Gasteiger partial charge on any atom is 0.416 e. The molecule has 0 radical (unpaired) electrons. The van der Waals surface area contributed by atoms with Crippen molar-refractivity contribution in [2.24, 2.45) is 5.73 Å². The topological polar surface area (TPSA) is 61.5 Å². The molecule has 4 nitrogen and oxygen atoms in total. The van der Waals surface area contributed by atoms with Gasteiger partial charge in [0.15, 0.2) is 0 Å². The van der Waals surface area contributed by atoms with Gasteiger partial charge in [0.05, 0.1) is 18.8 Å². The molecule has 0 spiro atoms. The van der Waals surface area contributed by atoms with Crippen LogP contribution in [0.25, 0.3) is 0 Å². The second-order valence-electron chi connectivity index (χ2n) is 3.94. The molecule has 0 heterocycles. The third-order valence-corrected chi connectivity index (χ3v) is 4.75. The van der Waals surface area contributed by atoms with Gasteiger partial charge in [0.2, 0.25) is 0 Å². The standard InChI is InChI=1S/C12H17F3NO3P/c1-3-18-20(17,19-4-2)11(16)9-5-7-10(8-6-9)12(13,14)15/h5-8,11H,3-4,16H2,1-2H3/t11-/m0/s1. The van der Waals surface area contributed by atoms with Crippen LogP contribution in [-0.4, -0.2) is 13.2 Å². The number of rotatable bonds is 6. The second kappa shape index (κ2) is 6.72. The van der Waals surface area contributed by atoms with Gasteiger partial charge in [0, 0.05) is 0 Å². The molecule has 1 rings (SSSR count). The van der Waals surface area contributed by atoms with E-state index in [1.807, 2.05) is 0 Å². The van der Waals surface area contributed by atoms with Gasteiger partial charge in [-0.1, -0.05) is 12.1 Å². The molecule has 1 aromatic rings. The lowest BCUT2D eigenvalue weighted by Crippen LogP contribution is -2.15. The van der Waals surface area contributed by atoms with Crippen LogP contribution in [0, 0.1) is 0 Å². The van der Waals surface area contributed by atoms with Gasteiger partial charge in [-0.3, -0.25) is 4.57 Å². The van der Waals surface area contributed by atoms with E-state index in [1.54, 1.807) is 13.8 Å². The first-order valence-corrected chi connectivity index (χ1v) is 7.67. The molecule has 0 saturated heterocycles. The van der Waals surface area contributed by atoms with E-state index in [-0.39, 0.29) is 18.8 Å². The van der Waals surface area contributed by atoms with Gasteiger partial charge in [-0.15, -0.1) is 0 Å². The van der Waals surface area contributed by atoms with E-state index in [2.05, 4.69) is 0 Å². The summed E-state index contributed by atoms with van der Waals surface area (Å²) in [5, 5.41) is 0. The van der Waals surface area contributed by atoms with E-state index >= 15 is 0 Å². The minimum absolute atomic E-state index is 0.131. The molecule has 0 aromatic heterocycles. The van der Waals surface area contributed by atoms with Gasteiger partial charge in [-0.2, -0.15) is 13.2 Å². The van der Waals surface area contributed by atoms with Crippen LogP contribution in [0.3, 0.4) is 0 Å². The van der Waals surface area contributed by atoms with E-state index in [9.17, 15) is 17.7 Å². The fourth-order valence-corrected chi connectivity index (χ4v) is 3.26. The number of alkyl halides is 3. The summed E-state index contributed by atoms with van der Waals surface area (Å²) in [4.78, 5) is 0. The molecule has 2 N–H and O–H groups in total. The minimum atomic E-state index is -4.42. The van der Waals surface area contributed by atoms with E-state index in [4.69, 9.17) is 14.8 Å². The SMILES string of the molecule is CCOP(=O)(OCC)[C@H](N)c1ccc(C(F)(F)F)cc1. The number of nitrogens with two attached hydrogens (primary N) is 1. The molecule has 1 atom stereocenters. The van der Waals surface area contributed by atoms with Crippen molar-refractivity contribution in [2.75, 3.05) is 13.2 Å². The third-order valence-electron chi connectivity index (χ3n) is 2.54. The molecule has 0 bridgehead atoms. The van der Waals surface area contributed by atoms with E-state index in [0.29, 0.717) is 0 Å². The summed E-state index contributed by atoms with van der Waals surface area (Å²) in [5.41, 5.74) is 5.28. The van der Waals surface area contributed by atoms with E-state index < -0.39 is 25.1 Å².